The molecule has 0 radical (unpaired) electrons. The lowest BCUT2D eigenvalue weighted by Gasteiger charge is -2.06. The molecule has 1 aromatic carbocycles. The van der Waals surface area contributed by atoms with Gasteiger partial charge in [0.1, 0.15) is 9.33 Å². The van der Waals surface area contributed by atoms with Gasteiger partial charge in [0.25, 0.3) is 11.8 Å². The Balaban J connectivity index is 1.67. The number of aromatic nitrogens is 2. The highest BCUT2D eigenvalue weighted by Gasteiger charge is 2.28. The van der Waals surface area contributed by atoms with Crippen molar-refractivity contribution in [3.05, 3.63) is 45.3 Å². The Bertz CT molecular complexity index is 933. The van der Waals surface area contributed by atoms with E-state index in [9.17, 15) is 9.59 Å². The highest BCUT2D eigenvalue weighted by atomic mass is 32.2. The van der Waals surface area contributed by atoms with Crippen LogP contribution in [0, 0.1) is 0 Å². The van der Waals surface area contributed by atoms with Gasteiger partial charge in [-0.15, -0.1) is 10.2 Å². The Morgan fingerprint density at radius 1 is 1.25 bits per heavy atom. The van der Waals surface area contributed by atoms with Gasteiger partial charge in [0.2, 0.25) is 5.13 Å². The summed E-state index contributed by atoms with van der Waals surface area (Å²) in [4.78, 5) is 26.5. The van der Waals surface area contributed by atoms with Gasteiger partial charge in [0.05, 0.1) is 4.91 Å². The molecule has 2 heterocycles. The summed E-state index contributed by atoms with van der Waals surface area (Å²) >= 11 is 7.82. The van der Waals surface area contributed by atoms with Gasteiger partial charge in [-0.1, -0.05) is 61.3 Å². The molecule has 0 saturated carbocycles. The molecule has 1 aromatic heterocycles. The van der Waals surface area contributed by atoms with E-state index in [-0.39, 0.29) is 11.8 Å². The third kappa shape index (κ3) is 4.48. The van der Waals surface area contributed by atoms with Crippen molar-refractivity contribution in [1.29, 1.82) is 0 Å². The molecule has 3 rings (SSSR count). The number of hydrogen-bond acceptors (Lipinski definition) is 7. The molecule has 0 aliphatic carbocycles. The molecule has 9 heteroatoms. The fourth-order valence-corrected chi connectivity index (χ4v) is 4.87. The van der Waals surface area contributed by atoms with E-state index in [4.69, 9.17) is 12.2 Å². The third-order valence-corrected chi connectivity index (χ3v) is 6.94. The monoisotopic (exact) mass is 432 g/mol. The number of thioether (sulfide) groups is 1. The molecule has 146 valence electrons. The van der Waals surface area contributed by atoms with Crippen molar-refractivity contribution in [2.24, 2.45) is 0 Å². The molecule has 6 nitrogen and oxygen atoms in total. The van der Waals surface area contributed by atoms with E-state index in [1.54, 1.807) is 37.4 Å². The summed E-state index contributed by atoms with van der Waals surface area (Å²) < 4.78 is 0.539. The maximum atomic E-state index is 12.5. The van der Waals surface area contributed by atoms with Crippen LogP contribution in [0.2, 0.25) is 0 Å². The van der Waals surface area contributed by atoms with E-state index in [1.807, 2.05) is 0 Å². The molecule has 28 heavy (non-hydrogen) atoms. The standard InChI is InChI=1S/C19H20N4O2S3/c1-4-12(5-2)16-21-22-18(28-16)20-15(24)13-8-6-11(7-9-13)10-14-17(25)23(3)19(26)27-14/h6-10,12H,4-5H2,1-3H3,(H,20,22,24)/b14-10+. The van der Waals surface area contributed by atoms with Crippen LogP contribution in [0.4, 0.5) is 5.13 Å². The molecule has 1 saturated heterocycles. The number of nitrogens with one attached hydrogen (secondary N) is 1. The first-order valence-corrected chi connectivity index (χ1v) is 10.9. The number of anilines is 1. The summed E-state index contributed by atoms with van der Waals surface area (Å²) in [7, 11) is 1.66. The number of carbonyl (C=O) groups is 2. The Morgan fingerprint density at radius 2 is 1.93 bits per heavy atom. The summed E-state index contributed by atoms with van der Waals surface area (Å²) in [6, 6.07) is 7.03. The number of rotatable bonds is 6. The first-order chi connectivity index (χ1) is 13.4. The van der Waals surface area contributed by atoms with Crippen LogP contribution in [-0.2, 0) is 4.79 Å². The van der Waals surface area contributed by atoms with Crippen molar-refractivity contribution in [2.75, 3.05) is 12.4 Å². The predicted molar refractivity (Wildman–Crippen MR) is 119 cm³/mol. The third-order valence-electron chi connectivity index (χ3n) is 4.45. The first-order valence-electron chi connectivity index (χ1n) is 8.89. The Kier molecular flexibility index (Phi) is 6.58. The molecule has 1 aliphatic rings. The van der Waals surface area contributed by atoms with Gasteiger partial charge in [-0.05, 0) is 36.6 Å². The molecular weight excluding hydrogens is 412 g/mol. The first kappa shape index (κ1) is 20.6. The molecule has 1 aliphatic heterocycles. The lowest BCUT2D eigenvalue weighted by molar-refractivity contribution is -0.121. The molecule has 0 spiro atoms. The van der Waals surface area contributed by atoms with E-state index in [0.29, 0.717) is 25.8 Å². The highest BCUT2D eigenvalue weighted by molar-refractivity contribution is 8.26. The SMILES string of the molecule is CCC(CC)c1nnc(NC(=O)c2ccc(/C=C3/SC(=S)N(C)C3=O)cc2)s1. The predicted octanol–water partition coefficient (Wildman–Crippen LogP) is 4.53. The Hall–Kier alpha value is -2.10. The summed E-state index contributed by atoms with van der Waals surface area (Å²) in [5.74, 6) is 0.0265. The van der Waals surface area contributed by atoms with Gasteiger partial charge in [0, 0.05) is 18.5 Å². The van der Waals surface area contributed by atoms with Crippen molar-refractivity contribution < 1.29 is 9.59 Å². The van der Waals surface area contributed by atoms with Crippen LogP contribution in [0.1, 0.15) is 53.5 Å². The topological polar surface area (TPSA) is 75.2 Å². The minimum absolute atomic E-state index is 0.110. The normalized spacial score (nSPS) is 15.7. The Morgan fingerprint density at radius 3 is 2.50 bits per heavy atom. The molecule has 1 fully saturated rings. The summed E-state index contributed by atoms with van der Waals surface area (Å²) in [5, 5.41) is 12.5. The molecule has 0 bridgehead atoms. The van der Waals surface area contributed by atoms with Crippen LogP contribution in [0.3, 0.4) is 0 Å². The minimum Gasteiger partial charge on any atom is -0.296 e. The highest BCUT2D eigenvalue weighted by Crippen LogP contribution is 2.31. The maximum Gasteiger partial charge on any atom is 0.265 e. The zero-order valence-corrected chi connectivity index (χ0v) is 18.2. The van der Waals surface area contributed by atoms with Crippen molar-refractivity contribution >= 4 is 62.7 Å². The van der Waals surface area contributed by atoms with Crippen LogP contribution in [-0.4, -0.2) is 38.3 Å². The van der Waals surface area contributed by atoms with Crippen LogP contribution in [0.15, 0.2) is 29.2 Å². The second kappa shape index (κ2) is 8.93. The fraction of sp³-hybridized carbons (Fsp3) is 0.316. The van der Waals surface area contributed by atoms with E-state index in [0.717, 1.165) is 23.4 Å². The molecule has 0 atom stereocenters. The van der Waals surface area contributed by atoms with Crippen molar-refractivity contribution in [3.63, 3.8) is 0 Å². The average molecular weight is 433 g/mol. The second-order valence-corrected chi connectivity index (χ2v) is 8.96. The maximum absolute atomic E-state index is 12.5. The van der Waals surface area contributed by atoms with Crippen LogP contribution >= 0.6 is 35.3 Å². The zero-order chi connectivity index (χ0) is 20.3. The summed E-state index contributed by atoms with van der Waals surface area (Å²) in [5.41, 5.74) is 1.34. The van der Waals surface area contributed by atoms with Gasteiger partial charge < -0.3 is 0 Å². The van der Waals surface area contributed by atoms with Gasteiger partial charge in [-0.3, -0.25) is 19.8 Å². The van der Waals surface area contributed by atoms with Crippen molar-refractivity contribution in [1.82, 2.24) is 15.1 Å². The summed E-state index contributed by atoms with van der Waals surface area (Å²) in [6.45, 7) is 4.24. The molecule has 2 aromatic rings. The number of nitrogens with zero attached hydrogens (tertiary/aromatic N) is 3. The number of thiocarbonyl (C=S) groups is 1. The summed E-state index contributed by atoms with van der Waals surface area (Å²) in [6.07, 6.45) is 3.77. The van der Waals surface area contributed by atoms with E-state index in [2.05, 4.69) is 29.4 Å². The van der Waals surface area contributed by atoms with E-state index < -0.39 is 0 Å². The number of hydrogen-bond donors (Lipinski definition) is 1. The molecule has 2 amide bonds. The quantitative estimate of drug-likeness (QED) is 0.534. The molecular formula is C19H20N4O2S3. The second-order valence-electron chi connectivity index (χ2n) is 6.28. The molecule has 0 unspecified atom stereocenters. The van der Waals surface area contributed by atoms with Gasteiger partial charge in [-0.25, -0.2) is 0 Å². The van der Waals surface area contributed by atoms with E-state index in [1.165, 1.54) is 28.0 Å². The van der Waals surface area contributed by atoms with Gasteiger partial charge in [0.15, 0.2) is 0 Å². The zero-order valence-electron chi connectivity index (χ0n) is 15.8. The van der Waals surface area contributed by atoms with Crippen molar-refractivity contribution in [2.45, 2.75) is 32.6 Å². The van der Waals surface area contributed by atoms with Gasteiger partial charge in [-0.2, -0.15) is 0 Å². The van der Waals surface area contributed by atoms with E-state index >= 15 is 0 Å². The smallest absolute Gasteiger partial charge is 0.265 e. The number of likely N-dealkylation sites (N-methyl/N-ethyl adjacent to an activating group) is 1. The Labute approximate surface area is 177 Å². The number of carbonyl (C=O) groups excluding carboxylic acids is 2. The van der Waals surface area contributed by atoms with Crippen LogP contribution < -0.4 is 5.32 Å². The lowest BCUT2D eigenvalue weighted by Crippen LogP contribution is -2.22. The lowest BCUT2D eigenvalue weighted by atomic mass is 10.1. The number of benzene rings is 1. The van der Waals surface area contributed by atoms with Crippen molar-refractivity contribution in [3.8, 4) is 0 Å². The minimum atomic E-state index is -0.237. The average Bonchev–Trinajstić information content (AvgIpc) is 3.24. The fourth-order valence-electron chi connectivity index (χ4n) is 2.68. The van der Waals surface area contributed by atoms with Crippen LogP contribution in [0.5, 0.6) is 0 Å². The van der Waals surface area contributed by atoms with Crippen LogP contribution in [0.25, 0.3) is 6.08 Å². The van der Waals surface area contributed by atoms with Gasteiger partial charge >= 0.3 is 0 Å². The largest absolute Gasteiger partial charge is 0.296 e. The molecule has 1 N–H and O–H groups in total. The number of amides is 2.